The van der Waals surface area contributed by atoms with Gasteiger partial charge >= 0.3 is 43.5 Å². The van der Waals surface area contributed by atoms with E-state index in [2.05, 4.69) is 6.58 Å². The molecule has 26 nitrogen and oxygen atoms in total. The number of halogens is 2. The molecular weight excluding hydrogens is 1690 g/mol. The monoisotopic (exact) mass is 1800 g/mol. The third kappa shape index (κ3) is 37.8. The van der Waals surface area contributed by atoms with Crippen molar-refractivity contribution < 1.29 is 129 Å². The molecule has 0 spiro atoms. The van der Waals surface area contributed by atoms with E-state index in [0.717, 1.165) is 95.9 Å². The number of aryl methyl sites for hydroxylation is 5. The topological polar surface area (TPSA) is 373 Å². The number of nitrogens with zero attached hydrogens (tertiary/aromatic N) is 4. The maximum atomic E-state index is 13.3. The number of rotatable bonds is 28. The van der Waals surface area contributed by atoms with Gasteiger partial charge in [0.25, 0.3) is 0 Å². The number of benzene rings is 8. The van der Waals surface area contributed by atoms with E-state index in [9.17, 15) is 47.6 Å². The Hall–Kier alpha value is -9.12. The Morgan fingerprint density at radius 2 is 0.592 bits per heavy atom. The van der Waals surface area contributed by atoms with Gasteiger partial charge in [-0.25, -0.2) is 33.7 Å². The summed E-state index contributed by atoms with van der Waals surface area (Å²) in [4.78, 5) is 66.2. The van der Waals surface area contributed by atoms with Gasteiger partial charge in [0.1, 0.15) is 0 Å². The van der Waals surface area contributed by atoms with E-state index in [-0.39, 0.29) is 103 Å². The molecule has 0 radical (unpaired) electrons. The van der Waals surface area contributed by atoms with Gasteiger partial charge in [-0.15, -0.1) is 6.58 Å². The molecule has 125 heavy (non-hydrogen) atoms. The number of alkyl halides is 2. The van der Waals surface area contributed by atoms with Gasteiger partial charge in [0.2, 0.25) is 40.1 Å². The molecule has 0 saturated carbocycles. The Morgan fingerprint density at radius 3 is 0.864 bits per heavy atom. The average molecular weight is 1800 g/mol. The summed E-state index contributed by atoms with van der Waals surface area (Å²) < 4.78 is 162. The molecule has 8 aromatic rings. The fourth-order valence-electron chi connectivity index (χ4n) is 14.2. The zero-order valence-electron chi connectivity index (χ0n) is 71.3. The second-order valence-electron chi connectivity index (χ2n) is 29.1. The number of hydrogen-bond acceptors (Lipinski definition) is 22. The van der Waals surface area contributed by atoms with Crippen LogP contribution in [0.5, 0.6) is 0 Å². The minimum absolute atomic E-state index is 0. The van der Waals surface area contributed by atoms with Gasteiger partial charge in [-0.1, -0.05) is 182 Å². The SMILES string of the molecule is C=CCc1ccc(C)cc1S(=O)(=O)N1CCCC(OCc2ccccc2)CC1.Cc1ccc(CCF)c(S(=O)(=O)N2CCCC(OCc3ccccc3)CC2)c1.Cc1ccc(CCO)c(S(=O)(=O)N2CCCC(OCc3ccccc3)CC2)c1.O=C=O.O=C=O.O=C=O.O=C=O.O=S(=O)(c1ccccc1CCF)N1CCCC(OCc2ccccc2)CC1.[Li+].[OH-]. The summed E-state index contributed by atoms with van der Waals surface area (Å²) in [5.74, 6) is 0. The first-order valence-electron chi connectivity index (χ1n) is 40.6. The number of hydrogen-bond donors (Lipinski definition) is 1. The van der Waals surface area contributed by atoms with Crippen molar-refractivity contribution in [1.29, 1.82) is 0 Å². The van der Waals surface area contributed by atoms with Crippen molar-refractivity contribution in [3.05, 3.63) is 274 Å². The van der Waals surface area contributed by atoms with E-state index in [1.54, 1.807) is 63.2 Å². The van der Waals surface area contributed by atoms with E-state index in [4.69, 9.17) is 57.3 Å². The third-order valence-electron chi connectivity index (χ3n) is 20.4. The summed E-state index contributed by atoms with van der Waals surface area (Å²) in [6, 6.07) is 63.1. The van der Waals surface area contributed by atoms with Crippen molar-refractivity contribution in [1.82, 2.24) is 17.2 Å². The molecule has 4 saturated heterocycles. The summed E-state index contributed by atoms with van der Waals surface area (Å²) >= 11 is 0. The normalized spacial score (nSPS) is 16.9. The van der Waals surface area contributed by atoms with Crippen LogP contribution >= 0.6 is 0 Å². The summed E-state index contributed by atoms with van der Waals surface area (Å²) in [6.45, 7) is 14.2. The Kier molecular flexibility index (Phi) is 53.3. The van der Waals surface area contributed by atoms with Crippen molar-refractivity contribution >= 4 is 64.7 Å². The number of allylic oxidation sites excluding steroid dienone is 1. The Bertz CT molecular complexity index is 4900. The summed E-state index contributed by atoms with van der Waals surface area (Å²) in [6.07, 6.45) is 13.4. The van der Waals surface area contributed by atoms with Gasteiger partial charge in [-0.05, 0) is 196 Å². The van der Waals surface area contributed by atoms with Gasteiger partial charge in [0.15, 0.2) is 0 Å². The first kappa shape index (κ1) is 110. The molecule has 4 heterocycles. The van der Waals surface area contributed by atoms with Crippen LogP contribution in [0.25, 0.3) is 0 Å². The number of sulfonamides is 4. The maximum absolute atomic E-state index is 13.3. The summed E-state index contributed by atoms with van der Waals surface area (Å²) in [5.41, 5.74) is 9.80. The van der Waals surface area contributed by atoms with Crippen LogP contribution in [0.15, 0.2) is 232 Å². The second kappa shape index (κ2) is 60.5. The Morgan fingerprint density at radius 1 is 0.352 bits per heavy atom. The predicted octanol–water partition coefficient (Wildman–Crippen LogP) is 10.5. The molecule has 4 fully saturated rings. The van der Waals surface area contributed by atoms with Crippen molar-refractivity contribution in [2.24, 2.45) is 0 Å². The molecule has 33 heteroatoms. The maximum Gasteiger partial charge on any atom is 1.00 e. The number of aliphatic hydroxyl groups excluding tert-OH is 1. The fraction of sp³-hybridized carbons (Fsp3) is 0.413. The van der Waals surface area contributed by atoms with Gasteiger partial charge in [-0.2, -0.15) is 55.6 Å². The number of aliphatic hydroxyl groups is 1. The molecule has 4 aliphatic rings. The van der Waals surface area contributed by atoms with Gasteiger partial charge in [0.05, 0.1) is 83.8 Å². The fourth-order valence-corrected chi connectivity index (χ4v) is 21.4. The number of carbonyl (C=O) groups excluding carboxylic acids is 8. The van der Waals surface area contributed by atoms with Gasteiger partial charge < -0.3 is 29.5 Å². The van der Waals surface area contributed by atoms with E-state index >= 15 is 0 Å². The van der Waals surface area contributed by atoms with Crippen molar-refractivity contribution in [3.63, 3.8) is 0 Å². The van der Waals surface area contributed by atoms with Crippen LogP contribution in [0.3, 0.4) is 0 Å². The van der Waals surface area contributed by atoms with Crippen LogP contribution < -0.4 is 18.9 Å². The van der Waals surface area contributed by atoms with Gasteiger partial charge in [0, 0.05) is 71.8 Å². The predicted molar refractivity (Wildman–Crippen MR) is 457 cm³/mol. The first-order chi connectivity index (χ1) is 59.3. The average Bonchev–Trinajstić information content (AvgIpc) is 1.80. The second-order valence-corrected chi connectivity index (χ2v) is 36.8. The largest absolute Gasteiger partial charge is 1.00 e. The molecule has 4 aliphatic heterocycles. The molecule has 4 atom stereocenters. The van der Waals surface area contributed by atoms with E-state index in [1.807, 2.05) is 172 Å². The molecule has 0 aliphatic carbocycles. The van der Waals surface area contributed by atoms with Crippen LogP contribution in [0.2, 0.25) is 0 Å². The van der Waals surface area contributed by atoms with Crippen LogP contribution in [0.1, 0.15) is 138 Å². The molecule has 8 aromatic carbocycles. The molecule has 4 unspecified atom stereocenters. The van der Waals surface area contributed by atoms with Crippen molar-refractivity contribution in [2.45, 2.75) is 194 Å². The smallest absolute Gasteiger partial charge is 0.870 e. The standard InChI is InChI=1S/C23H29NO3S.C22H28FNO3S.C22H29NO4S.C21H26FNO3S.4CO2.Li.H2O/c1-3-8-21-13-12-19(2)17-23(21)28(25,26)24-15-7-11-22(14-16-24)27-18-20-9-5-4-6-10-20;1-18-9-10-20(11-13-23)22(16-18)28(25,26)24-14-5-8-21(12-15-24)27-17-19-6-3-2-4-7-19;1-18-9-10-20(12-15-24)22(16-18)28(25,26)23-13-5-8-21(11-14-23)27-17-19-6-3-2-4-7-19;22-14-12-19-9-4-5-11-21(19)27(24,25)23-15-6-10-20(13-16-23)26-17-18-7-2-1-3-8-18;4*2-1-3;;/h3-6,9-10,12-13,17,22H,1,7-8,11,14-16,18H2,2H3;2-4,6-7,9-10,16,21H,5,8,11-15,17H2,1H3;2-4,6-7,9-10,16,21,24H,5,8,11-15,17H2,1H3;1-5,7-9,11,20H,6,10,12-17H2;;;;;;1H2/q;;;;;;;;+1;/p-1. The van der Waals surface area contributed by atoms with E-state index in [0.29, 0.717) is 144 Å². The molecule has 0 amide bonds. The van der Waals surface area contributed by atoms with Crippen molar-refractivity contribution in [3.8, 4) is 0 Å². The van der Waals surface area contributed by atoms with Crippen LogP contribution in [-0.4, -0.2) is 183 Å². The molecule has 672 valence electrons. The zero-order valence-corrected chi connectivity index (χ0v) is 74.6. The minimum Gasteiger partial charge on any atom is -0.870 e. The Labute approximate surface area is 746 Å². The third-order valence-corrected chi connectivity index (χ3v) is 28.4. The van der Waals surface area contributed by atoms with Crippen LogP contribution in [0, 0.1) is 20.8 Å². The first-order valence-corrected chi connectivity index (χ1v) is 46.3. The summed E-state index contributed by atoms with van der Waals surface area (Å²) in [5, 5.41) is 9.30. The summed E-state index contributed by atoms with van der Waals surface area (Å²) in [7, 11) is -14.4. The quantitative estimate of drug-likeness (QED) is 0.0351. The van der Waals surface area contributed by atoms with Crippen molar-refractivity contribution in [2.75, 3.05) is 72.3 Å². The molecule has 12 rings (SSSR count). The molecular formula is C92H113F2LiN4O22S4. The van der Waals surface area contributed by atoms with E-state index in [1.165, 1.54) is 8.61 Å². The van der Waals surface area contributed by atoms with Crippen LogP contribution in [0.4, 0.5) is 8.78 Å². The molecule has 2 N–H and O–H groups in total. The van der Waals surface area contributed by atoms with Crippen LogP contribution in [-0.2, 0) is 150 Å². The minimum atomic E-state index is -3.64. The Balaban J connectivity index is 0.000000409. The number of ether oxygens (including phenoxy) is 4. The van der Waals surface area contributed by atoms with Gasteiger partial charge in [-0.3, -0.25) is 8.78 Å². The molecule has 0 aromatic heterocycles. The molecule has 0 bridgehead atoms. The zero-order chi connectivity index (χ0) is 89.9. The van der Waals surface area contributed by atoms with E-state index < -0.39 is 53.4 Å².